The van der Waals surface area contributed by atoms with Gasteiger partial charge >= 0.3 is 6.02 Å². The maximum absolute atomic E-state index is 10.8. The number of methoxy groups -OCH3 is 1. The minimum absolute atomic E-state index is 0.203. The molecule has 0 N–H and O–H groups in total. The van der Waals surface area contributed by atoms with Gasteiger partial charge in [-0.3, -0.25) is 0 Å². The Labute approximate surface area is 120 Å². The van der Waals surface area contributed by atoms with Crippen molar-refractivity contribution >= 4 is 6.02 Å². The quantitative estimate of drug-likeness (QED) is 0.345. The first-order chi connectivity index (χ1) is 9.72. The number of hydrogen-bond donors (Lipinski definition) is 0. The van der Waals surface area contributed by atoms with Crippen molar-refractivity contribution in [2.45, 2.75) is 76.3 Å². The van der Waals surface area contributed by atoms with Crippen molar-refractivity contribution in [3.8, 4) is 0 Å². The van der Waals surface area contributed by atoms with Crippen molar-refractivity contribution in [2.75, 3.05) is 7.11 Å². The topological polar surface area (TPSA) is 68.0 Å². The van der Waals surface area contributed by atoms with E-state index >= 15 is 0 Å². The van der Waals surface area contributed by atoms with Gasteiger partial charge in [-0.25, -0.2) is 10.1 Å². The molecule has 2 fully saturated rings. The van der Waals surface area contributed by atoms with Gasteiger partial charge in [0.25, 0.3) is 0 Å². The third-order valence-corrected chi connectivity index (χ3v) is 4.51. The zero-order chi connectivity index (χ0) is 14.4. The van der Waals surface area contributed by atoms with Gasteiger partial charge in [-0.1, -0.05) is 38.5 Å². The van der Waals surface area contributed by atoms with Crippen LogP contribution in [0, 0.1) is 10.1 Å². The lowest BCUT2D eigenvalue weighted by Gasteiger charge is -2.41. The molecule has 0 aromatic carbocycles. The van der Waals surface area contributed by atoms with E-state index in [9.17, 15) is 10.1 Å². The van der Waals surface area contributed by atoms with Crippen LogP contribution in [0.4, 0.5) is 0 Å². The molecular weight excluding hydrogens is 258 g/mol. The number of amidine groups is 1. The van der Waals surface area contributed by atoms with Crippen molar-refractivity contribution in [1.82, 2.24) is 4.90 Å². The summed E-state index contributed by atoms with van der Waals surface area (Å²) in [5.41, 5.74) is 0. The molecule has 6 heteroatoms. The summed E-state index contributed by atoms with van der Waals surface area (Å²) in [6.45, 7) is 0. The zero-order valence-corrected chi connectivity index (χ0v) is 12.3. The van der Waals surface area contributed by atoms with E-state index in [-0.39, 0.29) is 6.02 Å². The fourth-order valence-corrected chi connectivity index (χ4v) is 3.60. The predicted molar refractivity (Wildman–Crippen MR) is 77.0 cm³/mol. The fraction of sp³-hybridized carbons (Fsp3) is 0.929. The van der Waals surface area contributed by atoms with Gasteiger partial charge in [-0.05, 0) is 25.7 Å². The molecule has 0 amide bonds. The molecule has 2 aliphatic carbocycles. The molecule has 2 saturated carbocycles. The van der Waals surface area contributed by atoms with Gasteiger partial charge in [0.15, 0.2) is 5.03 Å². The van der Waals surface area contributed by atoms with E-state index in [1.54, 1.807) is 0 Å². The first-order valence-electron chi connectivity index (χ1n) is 7.77. The first-order valence-corrected chi connectivity index (χ1v) is 7.77. The average Bonchev–Trinajstić information content (AvgIpc) is 2.48. The molecule has 0 aromatic heterocycles. The molecule has 20 heavy (non-hydrogen) atoms. The summed E-state index contributed by atoms with van der Waals surface area (Å²) >= 11 is 0. The predicted octanol–water partition coefficient (Wildman–Crippen LogP) is 3.15. The van der Waals surface area contributed by atoms with E-state index in [1.807, 2.05) is 0 Å². The Morgan fingerprint density at radius 3 is 1.85 bits per heavy atom. The lowest BCUT2D eigenvalue weighted by molar-refractivity contribution is -0.487. The van der Waals surface area contributed by atoms with Crippen LogP contribution in [0.3, 0.4) is 0 Å². The largest absolute Gasteiger partial charge is 0.464 e. The summed E-state index contributed by atoms with van der Waals surface area (Å²) < 4.78 is 5.26. The highest BCUT2D eigenvalue weighted by molar-refractivity contribution is 5.73. The fourth-order valence-electron chi connectivity index (χ4n) is 3.60. The van der Waals surface area contributed by atoms with Crippen LogP contribution in [0.15, 0.2) is 5.10 Å². The van der Waals surface area contributed by atoms with Crippen LogP contribution in [0.5, 0.6) is 0 Å². The van der Waals surface area contributed by atoms with Gasteiger partial charge in [0, 0.05) is 12.1 Å². The Kier molecular flexibility index (Phi) is 5.61. The van der Waals surface area contributed by atoms with Gasteiger partial charge in [0.1, 0.15) is 5.10 Å². The van der Waals surface area contributed by atoms with Gasteiger partial charge in [-0.2, -0.15) is 0 Å². The Balaban J connectivity index is 2.18. The Hall–Kier alpha value is -1.33. The molecule has 114 valence electrons. The van der Waals surface area contributed by atoms with Crippen LogP contribution in [-0.2, 0) is 4.74 Å². The van der Waals surface area contributed by atoms with Crippen LogP contribution in [-0.4, -0.2) is 35.1 Å². The molecule has 0 bridgehead atoms. The highest BCUT2D eigenvalue weighted by Gasteiger charge is 2.33. The van der Waals surface area contributed by atoms with E-state index in [0.29, 0.717) is 12.1 Å². The molecule has 0 aromatic rings. The molecule has 0 heterocycles. The van der Waals surface area contributed by atoms with Crippen LogP contribution >= 0.6 is 0 Å². The Morgan fingerprint density at radius 2 is 1.50 bits per heavy atom. The van der Waals surface area contributed by atoms with E-state index in [4.69, 9.17) is 4.74 Å². The molecule has 6 nitrogen and oxygen atoms in total. The van der Waals surface area contributed by atoms with E-state index < -0.39 is 5.03 Å². The number of rotatable bonds is 3. The lowest BCUT2D eigenvalue weighted by atomic mass is 9.89. The summed E-state index contributed by atoms with van der Waals surface area (Å²) in [7, 11) is 1.49. The number of ether oxygens (including phenoxy) is 1. The molecule has 0 radical (unpaired) electrons. The normalized spacial score (nSPS) is 22.6. The number of nitrogens with zero attached hydrogens (tertiary/aromatic N) is 3. The Bertz CT molecular complexity index is 330. The van der Waals surface area contributed by atoms with Crippen molar-refractivity contribution < 1.29 is 9.77 Å². The minimum Gasteiger partial charge on any atom is -0.464 e. The third-order valence-electron chi connectivity index (χ3n) is 4.51. The lowest BCUT2D eigenvalue weighted by Crippen LogP contribution is -2.49. The van der Waals surface area contributed by atoms with Crippen molar-refractivity contribution in [3.05, 3.63) is 10.1 Å². The number of nitro groups is 1. The van der Waals surface area contributed by atoms with Gasteiger partial charge in [0.05, 0.1) is 7.11 Å². The standard InChI is InChI=1S/C14H25N3O3/c1-20-14(15-17(18)19)16(12-8-4-2-5-9-12)13-10-6-3-7-11-13/h12-13H,2-11H2,1H3/b15-14-. The highest BCUT2D eigenvalue weighted by Crippen LogP contribution is 2.30. The Morgan fingerprint density at radius 1 is 1.05 bits per heavy atom. The second-order valence-electron chi connectivity index (χ2n) is 5.82. The summed E-state index contributed by atoms with van der Waals surface area (Å²) in [4.78, 5) is 12.9. The maximum Gasteiger partial charge on any atom is 0.361 e. The molecule has 0 unspecified atom stereocenters. The molecule has 2 aliphatic rings. The molecular formula is C14H25N3O3. The maximum atomic E-state index is 10.8. The minimum atomic E-state index is -0.641. The third kappa shape index (κ3) is 3.84. The summed E-state index contributed by atoms with van der Waals surface area (Å²) in [6, 6.07) is 0.907. The van der Waals surface area contributed by atoms with Crippen molar-refractivity contribution in [2.24, 2.45) is 5.10 Å². The van der Waals surface area contributed by atoms with Crippen LogP contribution in [0.2, 0.25) is 0 Å². The number of hydrazone groups is 1. The van der Waals surface area contributed by atoms with Gasteiger partial charge in [0.2, 0.25) is 0 Å². The number of hydrogen-bond acceptors (Lipinski definition) is 3. The van der Waals surface area contributed by atoms with Crippen LogP contribution in [0.25, 0.3) is 0 Å². The first kappa shape index (κ1) is 15.1. The van der Waals surface area contributed by atoms with Crippen molar-refractivity contribution in [1.29, 1.82) is 0 Å². The molecule has 0 saturated heterocycles. The summed E-state index contributed by atoms with van der Waals surface area (Å²) in [5, 5.41) is 13.6. The van der Waals surface area contributed by atoms with Crippen LogP contribution in [0.1, 0.15) is 64.2 Å². The van der Waals surface area contributed by atoms with Gasteiger partial charge in [-0.15, -0.1) is 0 Å². The van der Waals surface area contributed by atoms with E-state index in [0.717, 1.165) is 25.7 Å². The molecule has 2 rings (SSSR count). The second-order valence-corrected chi connectivity index (χ2v) is 5.82. The monoisotopic (exact) mass is 283 g/mol. The summed E-state index contributed by atoms with van der Waals surface area (Å²) in [6.07, 6.45) is 11.7. The highest BCUT2D eigenvalue weighted by atomic mass is 16.7. The molecule has 0 atom stereocenters. The molecule has 0 aliphatic heterocycles. The van der Waals surface area contributed by atoms with Gasteiger partial charge < -0.3 is 9.64 Å². The average molecular weight is 283 g/mol. The van der Waals surface area contributed by atoms with E-state index in [2.05, 4.69) is 10.0 Å². The SMILES string of the molecule is CO/C(=N\[N+](=O)[O-])N(C1CCCCC1)C1CCCCC1. The van der Waals surface area contributed by atoms with Crippen LogP contribution < -0.4 is 0 Å². The van der Waals surface area contributed by atoms with E-state index in [1.165, 1.54) is 45.6 Å². The second kappa shape index (κ2) is 7.45. The smallest absolute Gasteiger partial charge is 0.361 e. The van der Waals surface area contributed by atoms with Crippen molar-refractivity contribution in [3.63, 3.8) is 0 Å². The zero-order valence-electron chi connectivity index (χ0n) is 12.3. The molecule has 0 spiro atoms. The summed E-state index contributed by atoms with van der Waals surface area (Å²) in [5.74, 6) is 0.